The average Bonchev–Trinajstić information content (AvgIpc) is 2.34. The fraction of sp³-hybridized carbons (Fsp3) is 0. The third-order valence-corrected chi connectivity index (χ3v) is 0. The summed E-state index contributed by atoms with van der Waals surface area (Å²) in [6, 6.07) is 0. The molecule has 59 heavy (non-hydrogen) atoms. The third-order valence-electron chi connectivity index (χ3n) is 0. The van der Waals surface area contributed by atoms with Crippen LogP contribution in [0.5, 0.6) is 0 Å². The Kier molecular flexibility index (Phi) is 138. The molecule has 0 saturated heterocycles. The van der Waals surface area contributed by atoms with Gasteiger partial charge in [0.2, 0.25) is 0 Å². The largest absolute Gasteiger partial charge is 4.00 e. The third kappa shape index (κ3) is 2530. The van der Waals surface area contributed by atoms with Crippen molar-refractivity contribution in [3.63, 3.8) is 0 Å². The van der Waals surface area contributed by atoms with Crippen LogP contribution < -0.4 is 147 Å². The molecule has 0 N–H and O–H groups in total. The van der Waals surface area contributed by atoms with Gasteiger partial charge in [-0.05, 0) is 0 Å². The SMILES string of the molecule is O=P([O-])([O-])[O-].O=P([O-])([O-])[O-].O=P([O-])([O-])[O-].O=P([O-])([O-])[O-].O=P([O-])([O-])[O-].O=P([O-])([O-])[O-].O=P([O-])([O-])[O-].O=P([O-])([O-])[O-].O=P([O-])([O-])[O-].O=P([O-])([O-])[O-].[Ba+2].[Ba+2].[Ba+2].[Hf+4].[Hf+4].[Hf+4].[Zr+4].[Zr+4].[Zr+4]. The summed E-state index contributed by atoms with van der Waals surface area (Å²) < 4.78 is 85.5. The predicted molar refractivity (Wildman–Crippen MR) is 93.3 cm³/mol. The quantitative estimate of drug-likeness (QED) is 0.160. The minimum absolute atomic E-state index is 0. The van der Waals surface area contributed by atoms with Crippen LogP contribution in [-0.4, -0.2) is 147 Å². The van der Waals surface area contributed by atoms with E-state index in [0.29, 0.717) is 0 Å². The molecule has 0 aromatic rings. The molecule has 0 saturated carbocycles. The van der Waals surface area contributed by atoms with Crippen molar-refractivity contribution in [2.75, 3.05) is 0 Å². The monoisotopic (exact) mass is 2170 g/mol. The Balaban J connectivity index is -0.0000000174. The normalized spacial score (nSPS) is 10.0. The van der Waals surface area contributed by atoms with Gasteiger partial charge in [-0.2, -0.15) is 78.2 Å². The maximum Gasteiger partial charge on any atom is 4.00 e. The molecule has 0 aliphatic rings. The van der Waals surface area contributed by atoms with Gasteiger partial charge in [0.15, 0.2) is 0 Å². The minimum Gasteiger partial charge on any atom is -0.822 e. The summed E-state index contributed by atoms with van der Waals surface area (Å²) in [6.45, 7) is 0. The van der Waals surface area contributed by atoms with Crippen molar-refractivity contribution < 1.29 is 349 Å². The smallest absolute Gasteiger partial charge is 0.822 e. The molecule has 0 radical (unpaired) electrons. The van der Waals surface area contributed by atoms with E-state index in [1.165, 1.54) is 0 Å². The molecule has 0 aliphatic carbocycles. The Labute approximate surface area is 561 Å². The molecule has 0 fully saturated rings. The molecule has 0 spiro atoms. The van der Waals surface area contributed by atoms with Gasteiger partial charge in [0, 0.05) is 0 Å². The number of phosphoric acid groups is 10. The number of hydrogen-bond acceptors (Lipinski definition) is 40. The van der Waals surface area contributed by atoms with E-state index in [1.807, 2.05) is 0 Å². The predicted octanol–water partition coefficient (Wildman–Crippen LogP) is -29.4. The number of rotatable bonds is 0. The molecule has 320 valence electrons. The van der Waals surface area contributed by atoms with Crippen LogP contribution in [0.25, 0.3) is 0 Å². The average molecular weight is 2170 g/mol. The first kappa shape index (κ1) is 128. The van der Waals surface area contributed by atoms with Crippen LogP contribution in [0.4, 0.5) is 0 Å². The van der Waals surface area contributed by atoms with Crippen LogP contribution in [-0.2, 0) is 202 Å². The van der Waals surface area contributed by atoms with E-state index in [2.05, 4.69) is 0 Å². The van der Waals surface area contributed by atoms with E-state index in [4.69, 9.17) is 192 Å². The van der Waals surface area contributed by atoms with Crippen LogP contribution in [0, 0.1) is 0 Å². The van der Waals surface area contributed by atoms with E-state index in [0.717, 1.165) is 0 Å². The molecule has 0 bridgehead atoms. The van der Waals surface area contributed by atoms with Crippen LogP contribution in [0.3, 0.4) is 0 Å². The van der Waals surface area contributed by atoms with Crippen molar-refractivity contribution in [1.82, 2.24) is 0 Å². The molecule has 0 amide bonds. The summed E-state index contributed by atoms with van der Waals surface area (Å²) in [5, 5.41) is 0. The van der Waals surface area contributed by atoms with E-state index in [-0.39, 0.29) is 303 Å². The maximum absolute atomic E-state index is 8.55. The molecule has 0 aliphatic heterocycles. The maximum atomic E-state index is 8.55. The van der Waals surface area contributed by atoms with Gasteiger partial charge in [-0.25, -0.2) is 0 Å². The van der Waals surface area contributed by atoms with Gasteiger partial charge in [0.1, 0.15) is 0 Å². The van der Waals surface area contributed by atoms with E-state index in [1.54, 1.807) is 0 Å². The Morgan fingerprint density at radius 2 is 0.153 bits per heavy atom. The van der Waals surface area contributed by atoms with Gasteiger partial charge in [0.05, 0.1) is 0 Å². The van der Waals surface area contributed by atoms with Crippen molar-refractivity contribution in [3.05, 3.63) is 0 Å². The molecular formula is Ba3Hf3O40P10Zr3. The van der Waals surface area contributed by atoms with Gasteiger partial charge in [-0.1, -0.05) is 0 Å². The topological polar surface area (TPSA) is 862 Å². The molecular weight excluding hydrogens is 2170 g/mol. The zero-order chi connectivity index (χ0) is 45.0. The molecule has 0 aromatic carbocycles. The molecule has 0 atom stereocenters. The van der Waals surface area contributed by atoms with Crippen molar-refractivity contribution >= 4 is 225 Å². The fourth-order valence-corrected chi connectivity index (χ4v) is 0. The van der Waals surface area contributed by atoms with Crippen molar-refractivity contribution in [1.29, 1.82) is 0 Å². The van der Waals surface area contributed by atoms with Gasteiger partial charge < -0.3 is 192 Å². The van der Waals surface area contributed by atoms with Crippen molar-refractivity contribution in [2.45, 2.75) is 0 Å². The van der Waals surface area contributed by atoms with Gasteiger partial charge in [0.25, 0.3) is 0 Å². The molecule has 0 aromatic heterocycles. The van der Waals surface area contributed by atoms with E-state index < -0.39 is 78.2 Å². The molecule has 0 rings (SSSR count). The standard InChI is InChI=1S/3Ba.3Hf.10H3O4P.3Zr/c;;;;;;10*1-5(2,3)4;;;/h;;;;;;10*(H3,1,2,3,4);;;/q3*+2;3*+4;;;;;;;;;;;3*+4/p-30. The van der Waals surface area contributed by atoms with E-state index >= 15 is 0 Å². The second kappa shape index (κ2) is 63.4. The zero-order valence-corrected chi connectivity index (χ0v) is 66.3. The Morgan fingerprint density at radius 3 is 0.153 bits per heavy atom. The zero-order valence-electron chi connectivity index (χ0n) is 25.9. The first-order valence-electron chi connectivity index (χ1n) is 7.30. The van der Waals surface area contributed by atoms with Crippen molar-refractivity contribution in [3.8, 4) is 0 Å². The van der Waals surface area contributed by atoms with Crippen LogP contribution >= 0.6 is 78.2 Å². The summed E-state index contributed by atoms with van der Waals surface area (Å²) in [4.78, 5) is 256. The van der Waals surface area contributed by atoms with Gasteiger partial charge in [-0.3, -0.25) is 0 Å². The van der Waals surface area contributed by atoms with Crippen LogP contribution in [0.15, 0.2) is 0 Å². The molecule has 0 unspecified atom stereocenters. The first-order valence-corrected chi connectivity index (χ1v) is 21.9. The molecule has 59 heteroatoms. The summed E-state index contributed by atoms with van der Waals surface area (Å²) in [5.74, 6) is 0. The Bertz CT molecular complexity index is 881. The second-order valence-corrected chi connectivity index (χ2v) is 13.4. The Hall–Kier alpha value is 11.1. The summed E-state index contributed by atoms with van der Waals surface area (Å²) in [7, 11) is -53.9. The van der Waals surface area contributed by atoms with Gasteiger partial charge >= 0.3 is 303 Å². The summed E-state index contributed by atoms with van der Waals surface area (Å²) in [6.07, 6.45) is 0. The summed E-state index contributed by atoms with van der Waals surface area (Å²) >= 11 is 0. The second-order valence-electron chi connectivity index (χ2n) is 4.47. The molecule has 40 nitrogen and oxygen atoms in total. The van der Waals surface area contributed by atoms with Crippen LogP contribution in [0.1, 0.15) is 0 Å². The number of hydrogen-bond donors (Lipinski definition) is 0. The fourth-order valence-electron chi connectivity index (χ4n) is 0. The summed E-state index contributed by atoms with van der Waals surface area (Å²) in [5.41, 5.74) is 0. The Morgan fingerprint density at radius 1 is 0.153 bits per heavy atom. The van der Waals surface area contributed by atoms with Crippen LogP contribution in [0.2, 0.25) is 0 Å². The van der Waals surface area contributed by atoms with Gasteiger partial charge in [-0.15, -0.1) is 0 Å². The minimum atomic E-state index is -5.39. The van der Waals surface area contributed by atoms with E-state index in [9.17, 15) is 0 Å². The molecule has 0 heterocycles. The van der Waals surface area contributed by atoms with Crippen molar-refractivity contribution in [2.24, 2.45) is 0 Å². The first-order chi connectivity index (χ1) is 20.0.